The Morgan fingerprint density at radius 2 is 1.66 bits per heavy atom. The number of benzene rings is 2. The first-order chi connectivity index (χ1) is 15.7. The highest BCUT2D eigenvalue weighted by Crippen LogP contribution is 2.31. The molecule has 0 unspecified atom stereocenters. The van der Waals surface area contributed by atoms with E-state index < -0.39 is 0 Å². The maximum atomic E-state index is 12.3. The number of hydrogen-bond donors (Lipinski definition) is 2. The standard InChI is InChI=1S/C26H33N3O3/c30-26(19-5-1-2-6-19)28-21-9-11-22(12-10-21)29-15-13-20(14-16-29)27-17-23-18-31-24-7-3-4-8-25(24)32-23/h3-4,7-12,19-20,23,27H,1-2,5-6,13-18H2,(H,28,30)/t23-/m0/s1. The number of carbonyl (C=O) groups excluding carboxylic acids is 1. The van der Waals surface area contributed by atoms with Gasteiger partial charge >= 0.3 is 0 Å². The summed E-state index contributed by atoms with van der Waals surface area (Å²) in [7, 11) is 0. The second-order valence-electron chi connectivity index (χ2n) is 9.18. The number of fused-ring (bicyclic) bond motifs is 1. The number of anilines is 2. The molecule has 32 heavy (non-hydrogen) atoms. The summed E-state index contributed by atoms with van der Waals surface area (Å²) in [5.74, 6) is 2.05. The van der Waals surface area contributed by atoms with E-state index >= 15 is 0 Å². The van der Waals surface area contributed by atoms with Gasteiger partial charge in [-0.15, -0.1) is 0 Å². The van der Waals surface area contributed by atoms with Gasteiger partial charge in [-0.25, -0.2) is 0 Å². The summed E-state index contributed by atoms with van der Waals surface area (Å²) in [6.45, 7) is 3.44. The van der Waals surface area contributed by atoms with E-state index in [4.69, 9.17) is 9.47 Å². The molecule has 2 N–H and O–H groups in total. The predicted octanol–water partition coefficient (Wildman–Crippen LogP) is 4.21. The molecule has 3 aliphatic rings. The van der Waals surface area contributed by atoms with Crippen LogP contribution in [-0.4, -0.2) is 44.3 Å². The Hall–Kier alpha value is -2.73. The molecule has 1 amide bonds. The van der Waals surface area contributed by atoms with Crippen molar-refractivity contribution >= 4 is 17.3 Å². The summed E-state index contributed by atoms with van der Waals surface area (Å²) in [6.07, 6.45) is 6.67. The summed E-state index contributed by atoms with van der Waals surface area (Å²) >= 11 is 0. The largest absolute Gasteiger partial charge is 0.486 e. The summed E-state index contributed by atoms with van der Waals surface area (Å²) in [6, 6.07) is 16.7. The normalized spacial score (nSPS) is 21.5. The number of nitrogens with zero attached hydrogens (tertiary/aromatic N) is 1. The van der Waals surface area contributed by atoms with Crippen LogP contribution >= 0.6 is 0 Å². The van der Waals surface area contributed by atoms with Crippen LogP contribution in [0, 0.1) is 5.92 Å². The van der Waals surface area contributed by atoms with Gasteiger partial charge in [0.25, 0.3) is 0 Å². The quantitative estimate of drug-likeness (QED) is 0.712. The van der Waals surface area contributed by atoms with Gasteiger partial charge in [0.15, 0.2) is 11.5 Å². The highest BCUT2D eigenvalue weighted by atomic mass is 16.6. The van der Waals surface area contributed by atoms with Crippen molar-refractivity contribution in [3.63, 3.8) is 0 Å². The van der Waals surface area contributed by atoms with Crippen LogP contribution in [0.5, 0.6) is 11.5 Å². The zero-order valence-corrected chi connectivity index (χ0v) is 18.6. The molecule has 1 saturated heterocycles. The van der Waals surface area contributed by atoms with Gasteiger partial charge in [0.1, 0.15) is 12.7 Å². The third-order valence-corrected chi connectivity index (χ3v) is 6.92. The Morgan fingerprint density at radius 1 is 0.938 bits per heavy atom. The number of amides is 1. The third-order valence-electron chi connectivity index (χ3n) is 6.92. The minimum atomic E-state index is 0.0508. The second kappa shape index (κ2) is 9.82. The molecule has 6 nitrogen and oxygen atoms in total. The summed E-state index contributed by atoms with van der Waals surface area (Å²) in [5, 5.41) is 6.76. The van der Waals surface area contributed by atoms with E-state index in [0.29, 0.717) is 12.6 Å². The zero-order valence-electron chi connectivity index (χ0n) is 18.6. The number of piperidine rings is 1. The van der Waals surface area contributed by atoms with Gasteiger partial charge in [-0.2, -0.15) is 0 Å². The van der Waals surface area contributed by atoms with E-state index in [1.807, 2.05) is 36.4 Å². The van der Waals surface area contributed by atoms with E-state index in [1.54, 1.807) is 0 Å². The lowest BCUT2D eigenvalue weighted by molar-refractivity contribution is -0.119. The summed E-state index contributed by atoms with van der Waals surface area (Å²) < 4.78 is 11.9. The van der Waals surface area contributed by atoms with Gasteiger partial charge in [-0.3, -0.25) is 4.79 Å². The Morgan fingerprint density at radius 3 is 2.41 bits per heavy atom. The number of rotatable bonds is 6. The average Bonchev–Trinajstić information content (AvgIpc) is 3.39. The van der Waals surface area contributed by atoms with Crippen molar-refractivity contribution in [1.82, 2.24) is 5.32 Å². The van der Waals surface area contributed by atoms with Crippen molar-refractivity contribution in [2.75, 3.05) is 36.5 Å². The topological polar surface area (TPSA) is 62.8 Å². The molecule has 2 aromatic rings. The molecule has 2 aromatic carbocycles. The van der Waals surface area contributed by atoms with Crippen molar-refractivity contribution < 1.29 is 14.3 Å². The van der Waals surface area contributed by atoms with Crippen LogP contribution in [0.1, 0.15) is 38.5 Å². The van der Waals surface area contributed by atoms with Crippen molar-refractivity contribution in [3.8, 4) is 11.5 Å². The molecular formula is C26H33N3O3. The molecule has 0 spiro atoms. The van der Waals surface area contributed by atoms with Gasteiger partial charge in [0.05, 0.1) is 0 Å². The number of carbonyl (C=O) groups is 1. The first-order valence-electron chi connectivity index (χ1n) is 12.0. The molecule has 2 heterocycles. The number of ether oxygens (including phenoxy) is 2. The van der Waals surface area contributed by atoms with Gasteiger partial charge in [-0.05, 0) is 62.1 Å². The van der Waals surface area contributed by atoms with E-state index in [1.165, 1.54) is 18.5 Å². The molecular weight excluding hydrogens is 402 g/mol. The lowest BCUT2D eigenvalue weighted by Gasteiger charge is -2.35. The summed E-state index contributed by atoms with van der Waals surface area (Å²) in [4.78, 5) is 14.8. The molecule has 6 heteroatoms. The van der Waals surface area contributed by atoms with Crippen molar-refractivity contribution in [3.05, 3.63) is 48.5 Å². The fourth-order valence-electron chi connectivity index (χ4n) is 4.99. The van der Waals surface area contributed by atoms with E-state index in [9.17, 15) is 4.79 Å². The fraction of sp³-hybridized carbons (Fsp3) is 0.500. The second-order valence-corrected chi connectivity index (χ2v) is 9.18. The number of hydrogen-bond acceptors (Lipinski definition) is 5. The van der Waals surface area contributed by atoms with Gasteiger partial charge < -0.3 is 25.0 Å². The van der Waals surface area contributed by atoms with Crippen LogP contribution in [-0.2, 0) is 4.79 Å². The van der Waals surface area contributed by atoms with Gasteiger partial charge in [0, 0.05) is 43.0 Å². The van der Waals surface area contributed by atoms with E-state index in [-0.39, 0.29) is 17.9 Å². The minimum absolute atomic E-state index is 0.0508. The minimum Gasteiger partial charge on any atom is -0.486 e. The van der Waals surface area contributed by atoms with Crippen LogP contribution in [0.25, 0.3) is 0 Å². The average molecular weight is 436 g/mol. The Labute approximate surface area is 190 Å². The maximum Gasteiger partial charge on any atom is 0.227 e. The van der Waals surface area contributed by atoms with Gasteiger partial charge in [-0.1, -0.05) is 25.0 Å². The molecule has 0 bridgehead atoms. The molecule has 5 rings (SSSR count). The van der Waals surface area contributed by atoms with Crippen LogP contribution in [0.2, 0.25) is 0 Å². The highest BCUT2D eigenvalue weighted by Gasteiger charge is 2.25. The monoisotopic (exact) mass is 435 g/mol. The van der Waals surface area contributed by atoms with Crippen LogP contribution < -0.4 is 25.0 Å². The number of para-hydroxylation sites is 2. The van der Waals surface area contributed by atoms with E-state index in [0.717, 1.165) is 62.5 Å². The Kier molecular flexibility index (Phi) is 6.49. The smallest absolute Gasteiger partial charge is 0.227 e. The molecule has 1 aliphatic carbocycles. The fourth-order valence-corrected chi connectivity index (χ4v) is 4.99. The Balaban J connectivity index is 1.05. The molecule has 2 fully saturated rings. The van der Waals surface area contributed by atoms with Gasteiger partial charge in [0.2, 0.25) is 5.91 Å². The SMILES string of the molecule is O=C(Nc1ccc(N2CCC(NC[C@H]3COc4ccccc4O3)CC2)cc1)C1CCCC1. The van der Waals surface area contributed by atoms with Crippen LogP contribution in [0.3, 0.4) is 0 Å². The molecule has 0 radical (unpaired) electrons. The van der Waals surface area contributed by atoms with Crippen molar-refractivity contribution in [2.24, 2.45) is 5.92 Å². The molecule has 1 atom stereocenters. The zero-order chi connectivity index (χ0) is 21.8. The first-order valence-corrected chi connectivity index (χ1v) is 12.0. The van der Waals surface area contributed by atoms with Crippen LogP contribution in [0.15, 0.2) is 48.5 Å². The third kappa shape index (κ3) is 5.01. The van der Waals surface area contributed by atoms with Crippen molar-refractivity contribution in [2.45, 2.75) is 50.7 Å². The molecule has 0 aromatic heterocycles. The van der Waals surface area contributed by atoms with Crippen LogP contribution in [0.4, 0.5) is 11.4 Å². The lowest BCUT2D eigenvalue weighted by atomic mass is 10.0. The summed E-state index contributed by atoms with van der Waals surface area (Å²) in [5.41, 5.74) is 2.13. The first kappa shape index (κ1) is 21.1. The molecule has 170 valence electrons. The van der Waals surface area contributed by atoms with E-state index in [2.05, 4.69) is 27.7 Å². The predicted molar refractivity (Wildman–Crippen MR) is 127 cm³/mol. The lowest BCUT2D eigenvalue weighted by Crippen LogP contribution is -2.47. The Bertz CT molecular complexity index is 903. The maximum absolute atomic E-state index is 12.3. The molecule has 2 aliphatic heterocycles. The molecule has 1 saturated carbocycles. The van der Waals surface area contributed by atoms with Crippen molar-refractivity contribution in [1.29, 1.82) is 0 Å². The highest BCUT2D eigenvalue weighted by molar-refractivity contribution is 5.92. The number of nitrogens with one attached hydrogen (secondary N) is 2.